The maximum atomic E-state index is 11.3. The molecule has 23 heavy (non-hydrogen) atoms. The monoisotopic (exact) mass is 341 g/mol. The number of sulfonamides is 1. The lowest BCUT2D eigenvalue weighted by Crippen LogP contribution is -2.41. The van der Waals surface area contributed by atoms with Crippen molar-refractivity contribution in [3.8, 4) is 0 Å². The zero-order valence-electron chi connectivity index (χ0n) is 13.8. The first-order valence-electron chi connectivity index (χ1n) is 8.42. The number of hydrogen-bond acceptors (Lipinski definition) is 4. The van der Waals surface area contributed by atoms with Gasteiger partial charge >= 0.3 is 0 Å². The van der Waals surface area contributed by atoms with E-state index in [1.165, 1.54) is 11.9 Å². The molecule has 0 spiro atoms. The minimum Gasteiger partial charge on any atom is -0.381 e. The highest BCUT2D eigenvalue weighted by atomic mass is 32.2. The molecule has 1 atom stereocenters. The molecular formula is C16H27N3O3S. The van der Waals surface area contributed by atoms with Crippen molar-refractivity contribution in [3.05, 3.63) is 24.0 Å². The summed E-state index contributed by atoms with van der Waals surface area (Å²) in [6.45, 7) is 5.19. The molecule has 1 unspecified atom stereocenters. The van der Waals surface area contributed by atoms with Crippen molar-refractivity contribution in [3.63, 3.8) is 0 Å². The topological polar surface area (TPSA) is 63.6 Å². The molecule has 6 nitrogen and oxygen atoms in total. The van der Waals surface area contributed by atoms with Gasteiger partial charge in [0.05, 0.1) is 6.26 Å². The van der Waals surface area contributed by atoms with Gasteiger partial charge in [-0.2, -0.15) is 0 Å². The molecule has 7 heteroatoms. The highest BCUT2D eigenvalue weighted by Crippen LogP contribution is 2.24. The molecule has 3 heterocycles. The summed E-state index contributed by atoms with van der Waals surface area (Å²) >= 11 is 0. The molecule has 2 aliphatic rings. The normalized spacial score (nSPS) is 24.3. The van der Waals surface area contributed by atoms with E-state index in [4.69, 9.17) is 4.74 Å². The van der Waals surface area contributed by atoms with Gasteiger partial charge in [-0.15, -0.1) is 0 Å². The summed E-state index contributed by atoms with van der Waals surface area (Å²) in [7, 11) is -3.10. The molecule has 0 aliphatic carbocycles. The summed E-state index contributed by atoms with van der Waals surface area (Å²) in [5.74, 6) is 0.459. The van der Waals surface area contributed by atoms with Crippen molar-refractivity contribution in [2.24, 2.45) is 5.92 Å². The van der Waals surface area contributed by atoms with Crippen LogP contribution in [0.2, 0.25) is 0 Å². The fourth-order valence-corrected chi connectivity index (χ4v) is 4.16. The molecule has 1 aromatic heterocycles. The number of rotatable bonds is 5. The van der Waals surface area contributed by atoms with Crippen LogP contribution in [0.5, 0.6) is 0 Å². The maximum Gasteiger partial charge on any atom is 0.208 e. The van der Waals surface area contributed by atoms with Crippen LogP contribution in [-0.4, -0.2) is 56.5 Å². The van der Waals surface area contributed by atoms with Crippen LogP contribution in [0.15, 0.2) is 18.3 Å². The predicted molar refractivity (Wildman–Crippen MR) is 89.6 cm³/mol. The highest BCUT2D eigenvalue weighted by Gasteiger charge is 2.27. The molecule has 0 amide bonds. The van der Waals surface area contributed by atoms with E-state index in [0.717, 1.165) is 52.1 Å². The van der Waals surface area contributed by atoms with Crippen molar-refractivity contribution in [2.75, 3.05) is 32.6 Å². The standard InChI is InChI=1S/C16H27N3O3S/c1-23(20,21)17-7-4-14-11-18-8-2-3-16(18)13-19(12-14)15-5-9-22-10-6-15/h2-3,8,14-15,17H,4-7,9-13H2,1H3. The van der Waals surface area contributed by atoms with Crippen molar-refractivity contribution in [1.29, 1.82) is 0 Å². The van der Waals surface area contributed by atoms with Crippen molar-refractivity contribution in [1.82, 2.24) is 14.2 Å². The first kappa shape index (κ1) is 17.0. The Bertz CT molecular complexity index is 608. The van der Waals surface area contributed by atoms with Crippen molar-refractivity contribution < 1.29 is 13.2 Å². The van der Waals surface area contributed by atoms with E-state index < -0.39 is 10.0 Å². The lowest BCUT2D eigenvalue weighted by Gasteiger charge is -2.34. The number of nitrogens with zero attached hydrogens (tertiary/aromatic N) is 2. The predicted octanol–water partition coefficient (Wildman–Crippen LogP) is 1.04. The number of aromatic nitrogens is 1. The van der Waals surface area contributed by atoms with Crippen LogP contribution in [0.3, 0.4) is 0 Å². The summed E-state index contributed by atoms with van der Waals surface area (Å²) in [5.41, 5.74) is 1.36. The summed E-state index contributed by atoms with van der Waals surface area (Å²) < 4.78 is 33.0. The Morgan fingerprint density at radius 2 is 2.09 bits per heavy atom. The number of hydrogen-bond donors (Lipinski definition) is 1. The first-order chi connectivity index (χ1) is 11.0. The molecule has 1 saturated heterocycles. The van der Waals surface area contributed by atoms with Gasteiger partial charge in [0.15, 0.2) is 0 Å². The average Bonchev–Trinajstić information content (AvgIpc) is 2.85. The fraction of sp³-hybridized carbons (Fsp3) is 0.750. The van der Waals surface area contributed by atoms with Gasteiger partial charge in [-0.3, -0.25) is 4.90 Å². The molecule has 3 rings (SSSR count). The Balaban J connectivity index is 1.67. The van der Waals surface area contributed by atoms with Gasteiger partial charge < -0.3 is 9.30 Å². The Hall–Kier alpha value is -0.890. The quantitative estimate of drug-likeness (QED) is 0.869. The Kier molecular flexibility index (Phi) is 5.41. The summed E-state index contributed by atoms with van der Waals surface area (Å²) in [6.07, 6.45) is 6.41. The summed E-state index contributed by atoms with van der Waals surface area (Å²) in [4.78, 5) is 2.58. The molecule has 1 aromatic rings. The number of ether oxygens (including phenoxy) is 1. The van der Waals surface area contributed by atoms with E-state index in [1.807, 2.05) is 0 Å². The molecule has 2 aliphatic heterocycles. The van der Waals surface area contributed by atoms with E-state index >= 15 is 0 Å². The molecular weight excluding hydrogens is 314 g/mol. The van der Waals surface area contributed by atoms with Crippen LogP contribution in [-0.2, 0) is 27.8 Å². The summed E-state index contributed by atoms with van der Waals surface area (Å²) in [6, 6.07) is 4.88. The lowest BCUT2D eigenvalue weighted by atomic mass is 10.0. The van der Waals surface area contributed by atoms with E-state index in [2.05, 4.69) is 32.5 Å². The SMILES string of the molecule is CS(=O)(=O)NCCC1CN(C2CCOCC2)Cc2cccn2C1. The molecule has 0 radical (unpaired) electrons. The van der Waals surface area contributed by atoms with Crippen LogP contribution in [0.25, 0.3) is 0 Å². The third kappa shape index (κ3) is 4.79. The van der Waals surface area contributed by atoms with E-state index in [1.54, 1.807) is 0 Å². The van der Waals surface area contributed by atoms with E-state index in [0.29, 0.717) is 18.5 Å². The van der Waals surface area contributed by atoms with Gasteiger partial charge in [0.25, 0.3) is 0 Å². The van der Waals surface area contributed by atoms with Gasteiger partial charge in [-0.05, 0) is 37.3 Å². The van der Waals surface area contributed by atoms with Crippen molar-refractivity contribution in [2.45, 2.75) is 38.4 Å². The molecule has 0 saturated carbocycles. The van der Waals surface area contributed by atoms with Crippen LogP contribution in [0.4, 0.5) is 0 Å². The molecule has 1 fully saturated rings. The van der Waals surface area contributed by atoms with Crippen LogP contribution in [0, 0.1) is 5.92 Å². The maximum absolute atomic E-state index is 11.3. The average molecular weight is 341 g/mol. The Morgan fingerprint density at radius 1 is 1.30 bits per heavy atom. The number of nitrogens with one attached hydrogen (secondary N) is 1. The van der Waals surface area contributed by atoms with Gasteiger partial charge in [-0.1, -0.05) is 0 Å². The van der Waals surface area contributed by atoms with Crippen LogP contribution >= 0.6 is 0 Å². The van der Waals surface area contributed by atoms with Gasteiger partial charge in [0, 0.05) is 57.3 Å². The third-order valence-corrected chi connectivity index (χ3v) is 5.59. The molecule has 1 N–H and O–H groups in total. The van der Waals surface area contributed by atoms with Crippen LogP contribution < -0.4 is 4.72 Å². The second-order valence-electron chi connectivity index (χ2n) is 6.75. The zero-order chi connectivity index (χ0) is 16.3. The van der Waals surface area contributed by atoms with Crippen LogP contribution in [0.1, 0.15) is 25.0 Å². The molecule has 0 aromatic carbocycles. The molecule has 0 bridgehead atoms. The smallest absolute Gasteiger partial charge is 0.208 e. The summed E-state index contributed by atoms with van der Waals surface area (Å²) in [5, 5.41) is 0. The van der Waals surface area contributed by atoms with Gasteiger partial charge in [-0.25, -0.2) is 13.1 Å². The third-order valence-electron chi connectivity index (χ3n) is 4.86. The second-order valence-corrected chi connectivity index (χ2v) is 8.58. The minimum absolute atomic E-state index is 0.459. The Morgan fingerprint density at radius 3 is 2.83 bits per heavy atom. The fourth-order valence-electron chi connectivity index (χ4n) is 3.67. The largest absolute Gasteiger partial charge is 0.381 e. The zero-order valence-corrected chi connectivity index (χ0v) is 14.6. The number of fused-ring (bicyclic) bond motifs is 1. The molecule has 130 valence electrons. The van der Waals surface area contributed by atoms with E-state index in [-0.39, 0.29) is 0 Å². The van der Waals surface area contributed by atoms with Gasteiger partial charge in [0.1, 0.15) is 0 Å². The highest BCUT2D eigenvalue weighted by molar-refractivity contribution is 7.88. The van der Waals surface area contributed by atoms with Gasteiger partial charge in [0.2, 0.25) is 10.0 Å². The van der Waals surface area contributed by atoms with Crippen molar-refractivity contribution >= 4 is 10.0 Å². The van der Waals surface area contributed by atoms with E-state index in [9.17, 15) is 8.42 Å². The lowest BCUT2D eigenvalue weighted by molar-refractivity contribution is 0.0260. The Labute approximate surface area is 138 Å². The second kappa shape index (κ2) is 7.34. The minimum atomic E-state index is -3.10. The first-order valence-corrected chi connectivity index (χ1v) is 10.3.